The van der Waals surface area contributed by atoms with Crippen LogP contribution in [0.3, 0.4) is 0 Å². The Morgan fingerprint density at radius 3 is 2.54 bits per heavy atom. The van der Waals surface area contributed by atoms with Gasteiger partial charge in [0, 0.05) is 20.1 Å². The lowest BCUT2D eigenvalue weighted by molar-refractivity contribution is -0.127. The molecule has 0 aromatic rings. The molecule has 0 bridgehead atoms. The van der Waals surface area contributed by atoms with E-state index in [1.54, 1.807) is 6.92 Å². The van der Waals surface area contributed by atoms with Gasteiger partial charge in [-0.3, -0.25) is 9.59 Å². The van der Waals surface area contributed by atoms with E-state index in [4.69, 9.17) is 5.11 Å². The number of aliphatic hydroxyl groups excluding tert-OH is 1. The van der Waals surface area contributed by atoms with Crippen LogP contribution < -0.4 is 10.6 Å². The summed E-state index contributed by atoms with van der Waals surface area (Å²) in [6.07, 6.45) is 0.526. The molecule has 0 rings (SSSR count). The summed E-state index contributed by atoms with van der Waals surface area (Å²) in [5, 5.41) is 13.5. The highest BCUT2D eigenvalue weighted by atomic mass is 16.3. The SMILES string of the molecule is CC(=O)NC(C)C(=O)NCCCO. The van der Waals surface area contributed by atoms with E-state index in [1.165, 1.54) is 6.92 Å². The minimum atomic E-state index is -0.517. The number of hydrogen-bond donors (Lipinski definition) is 3. The smallest absolute Gasteiger partial charge is 0.242 e. The zero-order chi connectivity index (χ0) is 10.3. The molecule has 76 valence electrons. The van der Waals surface area contributed by atoms with Gasteiger partial charge in [-0.05, 0) is 13.3 Å². The highest BCUT2D eigenvalue weighted by Crippen LogP contribution is 1.82. The van der Waals surface area contributed by atoms with Crippen molar-refractivity contribution in [2.45, 2.75) is 26.3 Å². The van der Waals surface area contributed by atoms with Gasteiger partial charge in [-0.1, -0.05) is 0 Å². The zero-order valence-corrected chi connectivity index (χ0v) is 7.96. The summed E-state index contributed by atoms with van der Waals surface area (Å²) in [6, 6.07) is -0.517. The Morgan fingerprint density at radius 2 is 2.08 bits per heavy atom. The second-order valence-electron chi connectivity index (χ2n) is 2.79. The molecule has 0 aliphatic heterocycles. The maximum atomic E-state index is 11.1. The Balaban J connectivity index is 3.63. The monoisotopic (exact) mass is 188 g/mol. The number of carbonyl (C=O) groups is 2. The van der Waals surface area contributed by atoms with Gasteiger partial charge >= 0.3 is 0 Å². The van der Waals surface area contributed by atoms with Crippen LogP contribution in [-0.4, -0.2) is 36.1 Å². The first-order valence-corrected chi connectivity index (χ1v) is 4.23. The maximum absolute atomic E-state index is 11.1. The van der Waals surface area contributed by atoms with Crippen molar-refractivity contribution in [2.75, 3.05) is 13.2 Å². The standard InChI is InChI=1S/C8H16N2O3/c1-6(10-7(2)12)8(13)9-4-3-5-11/h6,11H,3-5H2,1-2H3,(H,9,13)(H,10,12). The molecule has 5 heteroatoms. The second-order valence-corrected chi connectivity index (χ2v) is 2.79. The lowest BCUT2D eigenvalue weighted by Gasteiger charge is -2.11. The van der Waals surface area contributed by atoms with Crippen LogP contribution in [0, 0.1) is 0 Å². The van der Waals surface area contributed by atoms with Crippen LogP contribution in [0.2, 0.25) is 0 Å². The van der Waals surface area contributed by atoms with Crippen molar-refractivity contribution >= 4 is 11.8 Å². The van der Waals surface area contributed by atoms with Crippen LogP contribution in [0.25, 0.3) is 0 Å². The molecule has 0 radical (unpaired) electrons. The van der Waals surface area contributed by atoms with Crippen molar-refractivity contribution < 1.29 is 14.7 Å². The minimum Gasteiger partial charge on any atom is -0.396 e. The third kappa shape index (κ3) is 6.10. The Bertz CT molecular complexity index is 182. The fourth-order valence-corrected chi connectivity index (χ4v) is 0.814. The van der Waals surface area contributed by atoms with Crippen molar-refractivity contribution in [3.8, 4) is 0 Å². The fraction of sp³-hybridized carbons (Fsp3) is 0.750. The number of hydrogen-bond acceptors (Lipinski definition) is 3. The highest BCUT2D eigenvalue weighted by molar-refractivity contribution is 5.86. The van der Waals surface area contributed by atoms with Gasteiger partial charge in [0.25, 0.3) is 0 Å². The van der Waals surface area contributed by atoms with Crippen LogP contribution in [-0.2, 0) is 9.59 Å². The van der Waals surface area contributed by atoms with Gasteiger partial charge in [0.05, 0.1) is 0 Å². The Labute approximate surface area is 77.5 Å². The first-order chi connectivity index (χ1) is 6.07. The molecule has 0 aromatic carbocycles. The average Bonchev–Trinajstić information content (AvgIpc) is 2.03. The highest BCUT2D eigenvalue weighted by Gasteiger charge is 2.11. The van der Waals surface area contributed by atoms with Gasteiger partial charge in [0.2, 0.25) is 11.8 Å². The Morgan fingerprint density at radius 1 is 1.46 bits per heavy atom. The van der Waals surface area contributed by atoms with E-state index in [9.17, 15) is 9.59 Å². The van der Waals surface area contributed by atoms with Crippen molar-refractivity contribution in [3.63, 3.8) is 0 Å². The number of carbonyl (C=O) groups excluding carboxylic acids is 2. The maximum Gasteiger partial charge on any atom is 0.242 e. The summed E-state index contributed by atoms with van der Waals surface area (Å²) in [5.41, 5.74) is 0. The van der Waals surface area contributed by atoms with Crippen molar-refractivity contribution in [1.82, 2.24) is 10.6 Å². The molecule has 0 saturated carbocycles. The van der Waals surface area contributed by atoms with E-state index >= 15 is 0 Å². The first-order valence-electron chi connectivity index (χ1n) is 4.23. The predicted molar refractivity (Wildman–Crippen MR) is 48.0 cm³/mol. The van der Waals surface area contributed by atoms with E-state index in [-0.39, 0.29) is 18.4 Å². The van der Waals surface area contributed by atoms with Crippen molar-refractivity contribution in [1.29, 1.82) is 0 Å². The van der Waals surface area contributed by atoms with Gasteiger partial charge < -0.3 is 15.7 Å². The molecule has 0 saturated heterocycles. The molecule has 3 N–H and O–H groups in total. The van der Waals surface area contributed by atoms with Crippen molar-refractivity contribution in [3.05, 3.63) is 0 Å². The van der Waals surface area contributed by atoms with E-state index in [0.29, 0.717) is 13.0 Å². The molecule has 1 unspecified atom stereocenters. The molecule has 0 aliphatic rings. The number of rotatable bonds is 5. The summed E-state index contributed by atoms with van der Waals surface area (Å²) in [7, 11) is 0. The topological polar surface area (TPSA) is 78.4 Å². The summed E-state index contributed by atoms with van der Waals surface area (Å²) >= 11 is 0. The lowest BCUT2D eigenvalue weighted by Crippen LogP contribution is -2.44. The normalized spacial score (nSPS) is 11.9. The number of amides is 2. The van der Waals surface area contributed by atoms with Gasteiger partial charge in [-0.15, -0.1) is 0 Å². The van der Waals surface area contributed by atoms with Crippen LogP contribution in [0.15, 0.2) is 0 Å². The molecule has 13 heavy (non-hydrogen) atoms. The van der Waals surface area contributed by atoms with Gasteiger partial charge in [-0.25, -0.2) is 0 Å². The predicted octanol–water partition coefficient (Wildman–Crippen LogP) is -0.990. The third-order valence-corrected chi connectivity index (χ3v) is 1.45. The molecule has 2 amide bonds. The van der Waals surface area contributed by atoms with Gasteiger partial charge in [0.1, 0.15) is 6.04 Å². The number of aliphatic hydroxyl groups is 1. The molecule has 5 nitrogen and oxygen atoms in total. The van der Waals surface area contributed by atoms with Crippen LogP contribution in [0.1, 0.15) is 20.3 Å². The van der Waals surface area contributed by atoms with E-state index in [1.807, 2.05) is 0 Å². The first kappa shape index (κ1) is 11.9. The van der Waals surface area contributed by atoms with Crippen LogP contribution in [0.5, 0.6) is 0 Å². The van der Waals surface area contributed by atoms with E-state index in [2.05, 4.69) is 10.6 Å². The van der Waals surface area contributed by atoms with Gasteiger partial charge in [-0.2, -0.15) is 0 Å². The fourth-order valence-electron chi connectivity index (χ4n) is 0.814. The summed E-state index contributed by atoms with van der Waals surface area (Å²) in [6.45, 7) is 3.45. The molecule has 0 fully saturated rings. The minimum absolute atomic E-state index is 0.0504. The number of nitrogens with one attached hydrogen (secondary N) is 2. The molecule has 1 atom stereocenters. The van der Waals surface area contributed by atoms with Crippen LogP contribution in [0.4, 0.5) is 0 Å². The van der Waals surface area contributed by atoms with Crippen LogP contribution >= 0.6 is 0 Å². The Hall–Kier alpha value is -1.10. The largest absolute Gasteiger partial charge is 0.396 e. The third-order valence-electron chi connectivity index (χ3n) is 1.45. The molecular formula is C8H16N2O3. The van der Waals surface area contributed by atoms with E-state index in [0.717, 1.165) is 0 Å². The second kappa shape index (κ2) is 6.42. The zero-order valence-electron chi connectivity index (χ0n) is 7.96. The summed E-state index contributed by atoms with van der Waals surface area (Å²) in [5.74, 6) is -0.464. The molecular weight excluding hydrogens is 172 g/mol. The van der Waals surface area contributed by atoms with Crippen molar-refractivity contribution in [2.24, 2.45) is 0 Å². The summed E-state index contributed by atoms with van der Waals surface area (Å²) < 4.78 is 0. The quantitative estimate of drug-likeness (QED) is 0.485. The van der Waals surface area contributed by atoms with E-state index < -0.39 is 6.04 Å². The summed E-state index contributed by atoms with van der Waals surface area (Å²) in [4.78, 5) is 21.7. The average molecular weight is 188 g/mol. The molecule has 0 heterocycles. The Kier molecular flexibility index (Phi) is 5.88. The molecule has 0 aromatic heterocycles. The molecule has 0 spiro atoms. The lowest BCUT2D eigenvalue weighted by atomic mass is 10.3. The molecule has 0 aliphatic carbocycles. The van der Waals surface area contributed by atoms with Gasteiger partial charge in [0.15, 0.2) is 0 Å².